The molecule has 8 aromatic rings. The molecule has 299 valence electrons. The van der Waals surface area contributed by atoms with E-state index in [2.05, 4.69) is 217 Å². The number of fused-ring (bicyclic) bond motifs is 5. The van der Waals surface area contributed by atoms with Gasteiger partial charge < -0.3 is 0 Å². The molecule has 2 heteroatoms. The molecule has 0 nitrogen and oxygen atoms in total. The van der Waals surface area contributed by atoms with Crippen LogP contribution in [0.4, 0.5) is 0 Å². The van der Waals surface area contributed by atoms with Gasteiger partial charge in [-0.1, -0.05) is 0 Å². The molecule has 0 spiro atoms. The van der Waals surface area contributed by atoms with Crippen molar-refractivity contribution < 1.29 is 21.4 Å². The molecule has 2 unspecified atom stereocenters. The normalized spacial score (nSPS) is 16.1. The molecule has 0 N–H and O–H groups in total. The van der Waals surface area contributed by atoms with Crippen LogP contribution < -0.4 is 13.7 Å². The number of rotatable bonds is 7. The van der Waals surface area contributed by atoms with E-state index in [0.29, 0.717) is 7.35 Å². The van der Waals surface area contributed by atoms with Crippen LogP contribution in [0.5, 0.6) is 0 Å². The fourth-order valence-electron chi connectivity index (χ4n) is 11.3. The maximum atomic E-state index is 2.64. The van der Waals surface area contributed by atoms with E-state index in [1.54, 1.807) is 13.7 Å². The van der Waals surface area contributed by atoms with Crippen LogP contribution in [0.1, 0.15) is 74.1 Å². The number of aryl methyl sites for hydroxylation is 4. The standard InChI is InChI=1S/2C24H21.C12H9Si.Hf/c2*1-16-12-17(2)18(3)23(13-16)22-11-7-10-20-14-21(15-24(20)22)19-8-5-4-6-9-19;1-3-7-11-9(5-1)10-6-2-4-8-12(10)13-11;/h2*4-15H,1-3H3;1-7H,13H2;. The SMILES string of the molecule is Cc1cc(C)c(C)c(-c2cccc3c2C=C(c2ccccc2)[CH]3[Hf]([c]2cccc3c2[SiH2]c2ccccc2-3)[CH]2C(c3ccccc3)=Cc3c(-c4cc(C)cc(C)c4C)cccc32)c1. The van der Waals surface area contributed by atoms with Crippen molar-refractivity contribution in [3.63, 3.8) is 0 Å². The molecular weight excluding hydrogens is 927 g/mol. The first-order valence-electron chi connectivity index (χ1n) is 22.3. The molecule has 0 radical (unpaired) electrons. The predicted molar refractivity (Wildman–Crippen MR) is 266 cm³/mol. The van der Waals surface area contributed by atoms with Crippen molar-refractivity contribution in [3.8, 4) is 33.4 Å². The molecule has 62 heavy (non-hydrogen) atoms. The first kappa shape index (κ1) is 39.2. The third kappa shape index (κ3) is 6.40. The van der Waals surface area contributed by atoms with Crippen LogP contribution in [0.3, 0.4) is 0 Å². The van der Waals surface area contributed by atoms with Gasteiger partial charge in [-0.3, -0.25) is 0 Å². The second-order valence-electron chi connectivity index (χ2n) is 18.0. The number of benzene rings is 8. The Bertz CT molecular complexity index is 3000. The first-order chi connectivity index (χ1) is 30.2. The molecule has 3 aliphatic rings. The van der Waals surface area contributed by atoms with Crippen LogP contribution in [-0.2, 0) is 21.4 Å². The van der Waals surface area contributed by atoms with Gasteiger partial charge in [-0.2, -0.15) is 0 Å². The summed E-state index contributed by atoms with van der Waals surface area (Å²) in [6.45, 7) is 13.7. The Hall–Kier alpha value is -5.67. The van der Waals surface area contributed by atoms with Gasteiger partial charge in [0.05, 0.1) is 0 Å². The maximum absolute atomic E-state index is 3.43. The summed E-state index contributed by atoms with van der Waals surface area (Å²) in [4.78, 5) is 0. The second-order valence-corrected chi connectivity index (χ2v) is 29.2. The van der Waals surface area contributed by atoms with Gasteiger partial charge in [0.2, 0.25) is 0 Å². The Morgan fingerprint density at radius 3 is 1.39 bits per heavy atom. The van der Waals surface area contributed by atoms with E-state index in [4.69, 9.17) is 0 Å². The topological polar surface area (TPSA) is 0 Å². The zero-order valence-electron chi connectivity index (χ0n) is 36.6. The molecule has 0 saturated heterocycles. The van der Waals surface area contributed by atoms with E-state index in [1.807, 2.05) is 0 Å². The van der Waals surface area contributed by atoms with Crippen LogP contribution in [0.25, 0.3) is 56.7 Å². The van der Waals surface area contributed by atoms with Gasteiger partial charge in [0.15, 0.2) is 0 Å². The summed E-state index contributed by atoms with van der Waals surface area (Å²) in [6.07, 6.45) is 5.28. The van der Waals surface area contributed by atoms with E-state index in [9.17, 15) is 0 Å². The molecule has 2 atom stereocenters. The van der Waals surface area contributed by atoms with E-state index in [-0.39, 0.29) is 0 Å². The van der Waals surface area contributed by atoms with Crippen LogP contribution in [0.15, 0.2) is 164 Å². The Balaban J connectivity index is 1.23. The Kier molecular flexibility index (Phi) is 9.86. The van der Waals surface area contributed by atoms with Crippen molar-refractivity contribution in [1.82, 2.24) is 0 Å². The van der Waals surface area contributed by atoms with Crippen molar-refractivity contribution in [2.45, 2.75) is 48.9 Å². The number of hydrogen-bond donors (Lipinski definition) is 0. The summed E-state index contributed by atoms with van der Waals surface area (Å²) in [5, 5.41) is 3.30. The van der Waals surface area contributed by atoms with Gasteiger partial charge in [-0.05, 0) is 0 Å². The minimum atomic E-state index is -3.43. The average Bonchev–Trinajstić information content (AvgIpc) is 4.00. The van der Waals surface area contributed by atoms with Gasteiger partial charge in [0.25, 0.3) is 0 Å². The van der Waals surface area contributed by atoms with Crippen molar-refractivity contribution in [2.75, 3.05) is 0 Å². The van der Waals surface area contributed by atoms with E-state index < -0.39 is 31.0 Å². The van der Waals surface area contributed by atoms with Gasteiger partial charge in [-0.25, -0.2) is 0 Å². The molecule has 1 heterocycles. The van der Waals surface area contributed by atoms with E-state index in [1.165, 1.54) is 111 Å². The Morgan fingerprint density at radius 1 is 0.403 bits per heavy atom. The van der Waals surface area contributed by atoms with Crippen LogP contribution in [-0.4, -0.2) is 9.52 Å². The quantitative estimate of drug-likeness (QED) is 0.140. The predicted octanol–water partition coefficient (Wildman–Crippen LogP) is 12.8. The summed E-state index contributed by atoms with van der Waals surface area (Å²) in [6, 6.07) is 63.8. The molecule has 0 aromatic heterocycles. The molecule has 1 aliphatic heterocycles. The Labute approximate surface area is 378 Å². The zero-order chi connectivity index (χ0) is 42.2. The third-order valence-corrected chi connectivity index (χ3v) is 30.6. The molecule has 8 aromatic carbocycles. The Morgan fingerprint density at radius 2 is 0.855 bits per heavy atom. The fraction of sp³-hybridized carbons (Fsp3) is 0.133. The summed E-state index contributed by atoms with van der Waals surface area (Å²) >= 11 is -3.43. The molecule has 0 amide bonds. The van der Waals surface area contributed by atoms with Gasteiger partial charge in [0.1, 0.15) is 0 Å². The third-order valence-electron chi connectivity index (χ3n) is 14.3. The second kappa shape index (κ2) is 15.6. The van der Waals surface area contributed by atoms with Gasteiger partial charge >= 0.3 is 381 Å². The van der Waals surface area contributed by atoms with Crippen molar-refractivity contribution in [2.24, 2.45) is 0 Å². The van der Waals surface area contributed by atoms with Crippen molar-refractivity contribution in [1.29, 1.82) is 0 Å². The van der Waals surface area contributed by atoms with E-state index in [0.717, 1.165) is 0 Å². The van der Waals surface area contributed by atoms with Gasteiger partial charge in [0, 0.05) is 0 Å². The molecule has 0 bridgehead atoms. The summed E-state index contributed by atoms with van der Waals surface area (Å²) in [5.41, 5.74) is 28.2. The fourth-order valence-corrected chi connectivity index (χ4v) is 30.4. The molecular formula is C60H51HfSi. The van der Waals surface area contributed by atoms with E-state index >= 15 is 0 Å². The van der Waals surface area contributed by atoms with Gasteiger partial charge in [-0.15, -0.1) is 0 Å². The van der Waals surface area contributed by atoms with Crippen LogP contribution in [0, 0.1) is 41.5 Å². The summed E-state index contributed by atoms with van der Waals surface area (Å²) in [5.74, 6) is 0. The summed E-state index contributed by atoms with van der Waals surface area (Å²) < 4.78 is 2.35. The molecule has 2 aliphatic carbocycles. The number of hydrogen-bond acceptors (Lipinski definition) is 0. The molecule has 0 fully saturated rings. The monoisotopic (exact) mass is 979 g/mol. The molecule has 0 saturated carbocycles. The summed E-state index contributed by atoms with van der Waals surface area (Å²) in [7, 11) is -0.710. The van der Waals surface area contributed by atoms with Crippen molar-refractivity contribution in [3.05, 3.63) is 231 Å². The van der Waals surface area contributed by atoms with Crippen molar-refractivity contribution >= 4 is 46.5 Å². The molecule has 11 rings (SSSR count). The minimum absolute atomic E-state index is 0.308. The average molecular weight is 979 g/mol. The van der Waals surface area contributed by atoms with Crippen LogP contribution in [0.2, 0.25) is 0 Å². The zero-order valence-corrected chi connectivity index (χ0v) is 41.6. The number of allylic oxidation sites excluding steroid dienone is 2. The first-order valence-corrected chi connectivity index (χ1v) is 29.6. The van der Waals surface area contributed by atoms with Crippen LogP contribution >= 0.6 is 0 Å².